The van der Waals surface area contributed by atoms with Gasteiger partial charge in [0.15, 0.2) is 0 Å². The van der Waals surface area contributed by atoms with E-state index in [1.807, 2.05) is 0 Å². The highest BCUT2D eigenvalue weighted by Crippen LogP contribution is 2.06. The van der Waals surface area contributed by atoms with E-state index in [4.69, 9.17) is 0 Å². The van der Waals surface area contributed by atoms with Gasteiger partial charge in [-0.1, -0.05) is 18.2 Å². The van der Waals surface area contributed by atoms with Crippen LogP contribution in [0.2, 0.25) is 0 Å². The van der Waals surface area contributed by atoms with E-state index in [0.29, 0.717) is 0 Å². The molecule has 3 amide bonds. The van der Waals surface area contributed by atoms with Crippen LogP contribution in [-0.4, -0.2) is 20.4 Å². The number of nitrogens with one attached hydrogen (secondary N) is 2. The number of carbonyl (C=O) groups is 2. The minimum absolute atomic E-state index is 0.0475. The number of carbonyl (C=O) groups excluding carboxylic acids is 2. The lowest BCUT2D eigenvalue weighted by atomic mass is 10.4. The molecule has 7 heteroatoms. The Morgan fingerprint density at radius 1 is 1.12 bits per heavy atom. The Hall–Kier alpha value is -1.89. The number of sulfonamides is 1. The molecular weight excluding hydrogens is 232 g/mol. The Morgan fingerprint density at radius 3 is 2.19 bits per heavy atom. The molecule has 0 fully saturated rings. The average molecular weight is 242 g/mol. The summed E-state index contributed by atoms with van der Waals surface area (Å²) in [5.74, 6) is -0.638. The van der Waals surface area contributed by atoms with Crippen molar-refractivity contribution < 1.29 is 18.0 Å². The Labute approximate surface area is 92.7 Å². The molecule has 0 bridgehead atoms. The average Bonchev–Trinajstić information content (AvgIpc) is 2.16. The van der Waals surface area contributed by atoms with Gasteiger partial charge in [0.05, 0.1) is 4.90 Å². The summed E-state index contributed by atoms with van der Waals surface area (Å²) in [5.41, 5.74) is 0. The molecular formula is C9H10N2O4S. The van der Waals surface area contributed by atoms with Crippen molar-refractivity contribution in [1.82, 2.24) is 10.0 Å². The fourth-order valence-corrected chi connectivity index (χ4v) is 1.89. The molecule has 0 aliphatic carbocycles. The summed E-state index contributed by atoms with van der Waals surface area (Å²) in [6.45, 7) is 1.11. The minimum atomic E-state index is -3.92. The fourth-order valence-electron chi connectivity index (χ4n) is 0.966. The van der Waals surface area contributed by atoms with Gasteiger partial charge in [-0.15, -0.1) is 0 Å². The van der Waals surface area contributed by atoms with Crippen molar-refractivity contribution in [2.24, 2.45) is 0 Å². The van der Waals surface area contributed by atoms with E-state index >= 15 is 0 Å². The predicted octanol–water partition coefficient (Wildman–Crippen LogP) is 0.221. The van der Waals surface area contributed by atoms with Crippen molar-refractivity contribution in [3.63, 3.8) is 0 Å². The zero-order chi connectivity index (χ0) is 12.2. The second-order valence-corrected chi connectivity index (χ2v) is 4.61. The van der Waals surface area contributed by atoms with Crippen LogP contribution in [0.5, 0.6) is 0 Å². The number of rotatable bonds is 2. The molecule has 0 saturated carbocycles. The van der Waals surface area contributed by atoms with E-state index in [9.17, 15) is 18.0 Å². The molecule has 0 aliphatic rings. The van der Waals surface area contributed by atoms with Gasteiger partial charge in [-0.05, 0) is 12.1 Å². The van der Waals surface area contributed by atoms with Gasteiger partial charge in [0.2, 0.25) is 5.91 Å². The number of hydrogen-bond donors (Lipinski definition) is 2. The van der Waals surface area contributed by atoms with Crippen LogP contribution in [0.3, 0.4) is 0 Å². The molecule has 86 valence electrons. The van der Waals surface area contributed by atoms with Gasteiger partial charge in [0.25, 0.3) is 10.0 Å². The molecule has 1 rings (SSSR count). The lowest BCUT2D eigenvalue weighted by Gasteiger charge is -2.06. The van der Waals surface area contributed by atoms with Crippen LogP contribution in [0.4, 0.5) is 4.79 Å². The summed E-state index contributed by atoms with van der Waals surface area (Å²) >= 11 is 0. The summed E-state index contributed by atoms with van der Waals surface area (Å²) in [5, 5.41) is 1.80. The normalized spacial score (nSPS) is 10.6. The van der Waals surface area contributed by atoms with Gasteiger partial charge >= 0.3 is 6.03 Å². The van der Waals surface area contributed by atoms with Gasteiger partial charge in [-0.2, -0.15) is 0 Å². The lowest BCUT2D eigenvalue weighted by molar-refractivity contribution is -0.117. The molecule has 16 heavy (non-hydrogen) atoms. The summed E-state index contributed by atoms with van der Waals surface area (Å²) in [7, 11) is -3.92. The Morgan fingerprint density at radius 2 is 1.69 bits per heavy atom. The van der Waals surface area contributed by atoms with Crippen LogP contribution >= 0.6 is 0 Å². The van der Waals surface area contributed by atoms with Crippen LogP contribution in [0.1, 0.15) is 6.92 Å². The van der Waals surface area contributed by atoms with Crippen molar-refractivity contribution in [2.45, 2.75) is 11.8 Å². The Bertz CT molecular complexity index is 496. The van der Waals surface area contributed by atoms with E-state index in [1.54, 1.807) is 16.1 Å². The standard InChI is InChI=1S/C9H10N2O4S/c1-7(12)10-9(13)11-16(14,15)8-5-3-2-4-6-8/h2-6H,1H3,(H2,10,11,12,13). The number of imide groups is 1. The molecule has 1 aromatic carbocycles. The highest BCUT2D eigenvalue weighted by Gasteiger charge is 2.17. The maximum absolute atomic E-state index is 11.5. The van der Waals surface area contributed by atoms with Crippen molar-refractivity contribution in [2.75, 3.05) is 0 Å². The number of amides is 3. The summed E-state index contributed by atoms with van der Waals surface area (Å²) in [6, 6.07) is 6.30. The van der Waals surface area contributed by atoms with Crippen LogP contribution in [0.25, 0.3) is 0 Å². The quantitative estimate of drug-likeness (QED) is 0.776. The van der Waals surface area contributed by atoms with Gasteiger partial charge in [0, 0.05) is 6.92 Å². The first kappa shape index (κ1) is 12.2. The van der Waals surface area contributed by atoms with Gasteiger partial charge in [0.1, 0.15) is 0 Å². The number of benzene rings is 1. The molecule has 0 saturated heterocycles. The molecule has 0 heterocycles. The van der Waals surface area contributed by atoms with Crippen LogP contribution in [0, 0.1) is 0 Å². The van der Waals surface area contributed by atoms with Crippen molar-refractivity contribution in [1.29, 1.82) is 0 Å². The van der Waals surface area contributed by atoms with E-state index in [0.717, 1.165) is 6.92 Å². The molecule has 0 aliphatic heterocycles. The van der Waals surface area contributed by atoms with E-state index in [2.05, 4.69) is 0 Å². The van der Waals surface area contributed by atoms with Crippen LogP contribution in [0.15, 0.2) is 35.2 Å². The largest absolute Gasteiger partial charge is 0.335 e. The third-order valence-electron chi connectivity index (χ3n) is 1.57. The summed E-state index contributed by atoms with van der Waals surface area (Å²) in [6.07, 6.45) is 0. The van der Waals surface area contributed by atoms with Crippen LogP contribution in [-0.2, 0) is 14.8 Å². The smallest absolute Gasteiger partial charge is 0.278 e. The zero-order valence-corrected chi connectivity index (χ0v) is 9.24. The highest BCUT2D eigenvalue weighted by molar-refractivity contribution is 7.90. The SMILES string of the molecule is CC(=O)NC(=O)NS(=O)(=O)c1ccccc1. The van der Waals surface area contributed by atoms with E-state index in [-0.39, 0.29) is 4.90 Å². The molecule has 0 spiro atoms. The van der Waals surface area contributed by atoms with Gasteiger partial charge < -0.3 is 0 Å². The number of hydrogen-bond acceptors (Lipinski definition) is 4. The van der Waals surface area contributed by atoms with Crippen LogP contribution < -0.4 is 10.0 Å². The summed E-state index contributed by atoms with van der Waals surface area (Å²) in [4.78, 5) is 21.5. The summed E-state index contributed by atoms with van der Waals surface area (Å²) < 4.78 is 24.8. The first-order valence-electron chi connectivity index (χ1n) is 4.31. The highest BCUT2D eigenvalue weighted by atomic mass is 32.2. The van der Waals surface area contributed by atoms with Crippen molar-refractivity contribution in [3.8, 4) is 0 Å². The number of urea groups is 1. The lowest BCUT2D eigenvalue weighted by Crippen LogP contribution is -2.41. The minimum Gasteiger partial charge on any atom is -0.278 e. The Kier molecular flexibility index (Phi) is 3.62. The molecule has 0 radical (unpaired) electrons. The molecule has 0 aromatic heterocycles. The second-order valence-electron chi connectivity index (χ2n) is 2.93. The Balaban J connectivity index is 2.81. The van der Waals surface area contributed by atoms with Crippen molar-refractivity contribution >= 4 is 22.0 Å². The van der Waals surface area contributed by atoms with E-state index in [1.165, 1.54) is 24.3 Å². The monoisotopic (exact) mass is 242 g/mol. The molecule has 0 atom stereocenters. The second kappa shape index (κ2) is 4.75. The molecule has 0 unspecified atom stereocenters. The third-order valence-corrected chi connectivity index (χ3v) is 2.92. The molecule has 2 N–H and O–H groups in total. The predicted molar refractivity (Wildman–Crippen MR) is 56.0 cm³/mol. The zero-order valence-electron chi connectivity index (χ0n) is 8.43. The molecule has 1 aromatic rings. The maximum Gasteiger partial charge on any atom is 0.335 e. The molecule has 6 nitrogen and oxygen atoms in total. The maximum atomic E-state index is 11.5. The van der Waals surface area contributed by atoms with E-state index < -0.39 is 22.0 Å². The first-order chi connectivity index (χ1) is 7.42. The van der Waals surface area contributed by atoms with Crippen molar-refractivity contribution in [3.05, 3.63) is 30.3 Å². The first-order valence-corrected chi connectivity index (χ1v) is 5.79. The van der Waals surface area contributed by atoms with Gasteiger partial charge in [-0.3, -0.25) is 10.1 Å². The van der Waals surface area contributed by atoms with Gasteiger partial charge in [-0.25, -0.2) is 17.9 Å². The fraction of sp³-hybridized carbons (Fsp3) is 0.111. The topological polar surface area (TPSA) is 92.3 Å². The third kappa shape index (κ3) is 3.35.